The Balaban J connectivity index is 1.36. The van der Waals surface area contributed by atoms with Gasteiger partial charge in [0, 0.05) is 43.3 Å². The summed E-state index contributed by atoms with van der Waals surface area (Å²) in [4.78, 5) is 17.1. The second-order valence-electron chi connectivity index (χ2n) is 7.25. The summed E-state index contributed by atoms with van der Waals surface area (Å²) < 4.78 is 24.6. The van der Waals surface area contributed by atoms with Gasteiger partial charge in [0.25, 0.3) is 5.91 Å². The van der Waals surface area contributed by atoms with Gasteiger partial charge in [-0.25, -0.2) is 4.39 Å². The van der Waals surface area contributed by atoms with Crippen LogP contribution in [0.4, 0.5) is 4.39 Å². The van der Waals surface area contributed by atoms with Gasteiger partial charge in [0.1, 0.15) is 12.4 Å². The number of carbonyl (C=O) groups is 1. The molecule has 0 aliphatic carbocycles. The molecule has 2 aromatic carbocycles. The third-order valence-electron chi connectivity index (χ3n) is 5.15. The summed E-state index contributed by atoms with van der Waals surface area (Å²) >= 11 is 5.96. The van der Waals surface area contributed by atoms with Crippen LogP contribution in [0.1, 0.15) is 12.5 Å². The second-order valence-corrected chi connectivity index (χ2v) is 7.69. The lowest BCUT2D eigenvalue weighted by molar-refractivity contribution is -0.145. The summed E-state index contributed by atoms with van der Waals surface area (Å²) in [5.41, 5.74) is 1.06. The number of nitrogens with zero attached hydrogens (tertiary/aromatic N) is 2. The van der Waals surface area contributed by atoms with E-state index in [9.17, 15) is 9.18 Å². The Kier molecular flexibility index (Phi) is 5.42. The van der Waals surface area contributed by atoms with Gasteiger partial charge in [0.05, 0.1) is 0 Å². The summed E-state index contributed by atoms with van der Waals surface area (Å²) in [5.74, 6) is 0.811. The Morgan fingerprint density at radius 2 is 1.96 bits per heavy atom. The fourth-order valence-electron chi connectivity index (χ4n) is 3.70. The number of hydrogen-bond acceptors (Lipinski definition) is 4. The van der Waals surface area contributed by atoms with Crippen LogP contribution in [0.3, 0.4) is 0 Å². The van der Waals surface area contributed by atoms with Crippen LogP contribution in [0, 0.1) is 5.82 Å². The Hall–Kier alpha value is -2.31. The van der Waals surface area contributed by atoms with E-state index >= 15 is 0 Å². The molecule has 0 spiro atoms. The van der Waals surface area contributed by atoms with Crippen molar-refractivity contribution in [2.45, 2.75) is 25.6 Å². The van der Waals surface area contributed by atoms with Crippen molar-refractivity contribution in [3.8, 4) is 11.5 Å². The minimum Gasteiger partial charge on any atom is -0.485 e. The molecule has 2 atom stereocenters. The van der Waals surface area contributed by atoms with Gasteiger partial charge >= 0.3 is 0 Å². The number of piperazine rings is 1. The predicted molar refractivity (Wildman–Crippen MR) is 104 cm³/mol. The van der Waals surface area contributed by atoms with E-state index in [1.807, 2.05) is 11.8 Å². The van der Waals surface area contributed by atoms with E-state index in [-0.39, 0.29) is 24.4 Å². The number of fused-ring (bicyclic) bond motifs is 1. The smallest absolute Gasteiger partial charge is 0.267 e. The fourth-order valence-corrected chi connectivity index (χ4v) is 3.87. The topological polar surface area (TPSA) is 42.0 Å². The summed E-state index contributed by atoms with van der Waals surface area (Å²) in [6, 6.07) is 11.7. The molecule has 5 nitrogen and oxygen atoms in total. The van der Waals surface area contributed by atoms with Crippen LogP contribution in [0.2, 0.25) is 5.02 Å². The normalized spacial score (nSPS) is 22.2. The van der Waals surface area contributed by atoms with Gasteiger partial charge in [0.15, 0.2) is 11.5 Å². The molecule has 148 valence electrons. The number of carbonyl (C=O) groups excluding carboxylic acids is 1. The minimum absolute atomic E-state index is 0.0527. The SMILES string of the molecule is CC1CN(Cc2ccc(F)cc2)CCN1C(=O)C1COc2cc(Cl)ccc2O1. The van der Waals surface area contributed by atoms with Crippen molar-refractivity contribution >= 4 is 17.5 Å². The van der Waals surface area contributed by atoms with Gasteiger partial charge < -0.3 is 14.4 Å². The zero-order chi connectivity index (χ0) is 19.7. The highest BCUT2D eigenvalue weighted by atomic mass is 35.5. The average molecular weight is 405 g/mol. The van der Waals surface area contributed by atoms with Crippen molar-refractivity contribution in [1.82, 2.24) is 9.80 Å². The zero-order valence-corrected chi connectivity index (χ0v) is 16.4. The minimum atomic E-state index is -0.653. The molecule has 0 aromatic heterocycles. The summed E-state index contributed by atoms with van der Waals surface area (Å²) in [5, 5.41) is 0.568. The molecule has 0 saturated carbocycles. The van der Waals surface area contributed by atoms with Gasteiger partial charge in [-0.2, -0.15) is 0 Å². The second kappa shape index (κ2) is 7.97. The molecule has 2 unspecified atom stereocenters. The highest BCUT2D eigenvalue weighted by molar-refractivity contribution is 6.30. The first-order valence-corrected chi connectivity index (χ1v) is 9.73. The number of halogens is 2. The maximum absolute atomic E-state index is 13.1. The number of hydrogen-bond donors (Lipinski definition) is 0. The molecular weight excluding hydrogens is 383 g/mol. The van der Waals surface area contributed by atoms with E-state index in [0.29, 0.717) is 23.1 Å². The largest absolute Gasteiger partial charge is 0.485 e. The van der Waals surface area contributed by atoms with Crippen LogP contribution in [-0.4, -0.2) is 54.1 Å². The standard InChI is InChI=1S/C21H22ClFN2O3/c1-14-11-24(12-15-2-5-17(23)6-3-15)8-9-25(14)21(26)20-13-27-19-10-16(22)4-7-18(19)28-20/h2-7,10,14,20H,8-9,11-13H2,1H3. The van der Waals surface area contributed by atoms with Gasteiger partial charge in [-0.1, -0.05) is 23.7 Å². The first kappa shape index (κ1) is 19.0. The molecule has 4 rings (SSSR count). The number of amides is 1. The third-order valence-corrected chi connectivity index (χ3v) is 5.39. The molecule has 28 heavy (non-hydrogen) atoms. The molecule has 0 bridgehead atoms. The summed E-state index contributed by atoms with van der Waals surface area (Å²) in [6.45, 7) is 5.08. The molecule has 1 saturated heterocycles. The number of benzene rings is 2. The van der Waals surface area contributed by atoms with E-state index in [2.05, 4.69) is 4.90 Å². The number of ether oxygens (including phenoxy) is 2. The van der Waals surface area contributed by atoms with Crippen molar-refractivity contribution < 1.29 is 18.7 Å². The van der Waals surface area contributed by atoms with E-state index < -0.39 is 6.10 Å². The maximum Gasteiger partial charge on any atom is 0.267 e. The van der Waals surface area contributed by atoms with Crippen LogP contribution in [0.15, 0.2) is 42.5 Å². The molecule has 1 amide bonds. The molecule has 0 radical (unpaired) electrons. The van der Waals surface area contributed by atoms with Crippen LogP contribution in [0.25, 0.3) is 0 Å². The Bertz CT molecular complexity index is 861. The van der Waals surface area contributed by atoms with Crippen molar-refractivity contribution in [2.24, 2.45) is 0 Å². The highest BCUT2D eigenvalue weighted by Crippen LogP contribution is 2.34. The third kappa shape index (κ3) is 4.08. The Morgan fingerprint density at radius 1 is 1.18 bits per heavy atom. The zero-order valence-electron chi connectivity index (χ0n) is 15.6. The van der Waals surface area contributed by atoms with Crippen LogP contribution in [0.5, 0.6) is 11.5 Å². The first-order valence-electron chi connectivity index (χ1n) is 9.36. The van der Waals surface area contributed by atoms with E-state index in [1.54, 1.807) is 30.3 Å². The lowest BCUT2D eigenvalue weighted by Crippen LogP contribution is -2.57. The summed E-state index contributed by atoms with van der Waals surface area (Å²) in [6.07, 6.45) is -0.653. The van der Waals surface area contributed by atoms with Gasteiger partial charge in [-0.3, -0.25) is 9.69 Å². The first-order chi connectivity index (χ1) is 13.5. The Labute approximate surface area is 168 Å². The molecule has 7 heteroatoms. The maximum atomic E-state index is 13.1. The van der Waals surface area contributed by atoms with E-state index in [1.165, 1.54) is 12.1 Å². The Morgan fingerprint density at radius 3 is 2.71 bits per heavy atom. The lowest BCUT2D eigenvalue weighted by atomic mass is 10.1. The van der Waals surface area contributed by atoms with Gasteiger partial charge in [-0.15, -0.1) is 0 Å². The van der Waals surface area contributed by atoms with Crippen LogP contribution < -0.4 is 9.47 Å². The van der Waals surface area contributed by atoms with Gasteiger partial charge in [-0.05, 0) is 36.8 Å². The average Bonchev–Trinajstić information content (AvgIpc) is 2.69. The monoisotopic (exact) mass is 404 g/mol. The van der Waals surface area contributed by atoms with E-state index in [0.717, 1.165) is 25.2 Å². The molecule has 2 aliphatic rings. The molecule has 0 N–H and O–H groups in total. The molecule has 2 aromatic rings. The van der Waals surface area contributed by atoms with Crippen LogP contribution in [-0.2, 0) is 11.3 Å². The van der Waals surface area contributed by atoms with Crippen LogP contribution >= 0.6 is 11.6 Å². The van der Waals surface area contributed by atoms with Gasteiger partial charge in [0.2, 0.25) is 6.10 Å². The molecule has 2 heterocycles. The van der Waals surface area contributed by atoms with Crippen molar-refractivity contribution in [2.75, 3.05) is 26.2 Å². The molecule has 1 fully saturated rings. The molecular formula is C21H22ClFN2O3. The van der Waals surface area contributed by atoms with Crippen molar-refractivity contribution in [3.05, 3.63) is 58.9 Å². The van der Waals surface area contributed by atoms with E-state index in [4.69, 9.17) is 21.1 Å². The fraction of sp³-hybridized carbons (Fsp3) is 0.381. The lowest BCUT2D eigenvalue weighted by Gasteiger charge is -2.41. The number of rotatable bonds is 3. The molecule has 2 aliphatic heterocycles. The van der Waals surface area contributed by atoms with Crippen molar-refractivity contribution in [3.63, 3.8) is 0 Å². The summed E-state index contributed by atoms with van der Waals surface area (Å²) in [7, 11) is 0. The van der Waals surface area contributed by atoms with Crippen molar-refractivity contribution in [1.29, 1.82) is 0 Å². The predicted octanol–water partition coefficient (Wildman–Crippen LogP) is 3.35. The highest BCUT2D eigenvalue weighted by Gasteiger charge is 2.35. The quantitative estimate of drug-likeness (QED) is 0.786.